The number of benzene rings is 2. The average Bonchev–Trinajstić information content (AvgIpc) is 2.75. The van der Waals surface area contributed by atoms with Gasteiger partial charge in [0.05, 0.1) is 7.11 Å². The zero-order chi connectivity index (χ0) is 19.6. The Morgan fingerprint density at radius 2 is 1.71 bits per heavy atom. The molecule has 0 saturated carbocycles. The number of carbonyl (C=O) groups excluding carboxylic acids is 1. The first-order valence-corrected chi connectivity index (χ1v) is 10.4. The molecule has 2 aromatic rings. The van der Waals surface area contributed by atoms with E-state index in [4.69, 9.17) is 4.74 Å². The molecule has 0 atom stereocenters. The van der Waals surface area contributed by atoms with Crippen LogP contribution in [0.4, 0.5) is 0 Å². The van der Waals surface area contributed by atoms with E-state index in [1.54, 1.807) is 7.11 Å². The molecule has 0 unspecified atom stereocenters. The molecule has 1 N–H and O–H groups in total. The van der Waals surface area contributed by atoms with Crippen LogP contribution in [-0.2, 0) is 17.6 Å². The van der Waals surface area contributed by atoms with E-state index in [9.17, 15) is 4.79 Å². The first kappa shape index (κ1) is 20.4. The van der Waals surface area contributed by atoms with Crippen molar-refractivity contribution in [3.05, 3.63) is 65.7 Å². The van der Waals surface area contributed by atoms with E-state index in [0.29, 0.717) is 12.3 Å². The predicted octanol–water partition coefficient (Wildman–Crippen LogP) is 3.70. The number of rotatable bonds is 9. The lowest BCUT2D eigenvalue weighted by Gasteiger charge is -2.32. The summed E-state index contributed by atoms with van der Waals surface area (Å²) in [5.41, 5.74) is 2.69. The maximum atomic E-state index is 12.4. The van der Waals surface area contributed by atoms with Gasteiger partial charge in [-0.3, -0.25) is 4.79 Å². The highest BCUT2D eigenvalue weighted by molar-refractivity contribution is 5.76. The van der Waals surface area contributed by atoms with Crippen LogP contribution in [0.5, 0.6) is 5.75 Å². The Bertz CT molecular complexity index is 707. The number of piperidine rings is 1. The fraction of sp³-hybridized carbons (Fsp3) is 0.458. The number of methoxy groups -OCH3 is 1. The molecule has 0 bridgehead atoms. The number of hydrogen-bond acceptors (Lipinski definition) is 3. The van der Waals surface area contributed by atoms with Crippen molar-refractivity contribution in [2.24, 2.45) is 5.92 Å². The van der Waals surface area contributed by atoms with Crippen molar-refractivity contribution in [3.8, 4) is 5.75 Å². The van der Waals surface area contributed by atoms with Gasteiger partial charge in [0.25, 0.3) is 0 Å². The van der Waals surface area contributed by atoms with Gasteiger partial charge in [-0.25, -0.2) is 0 Å². The van der Waals surface area contributed by atoms with E-state index < -0.39 is 0 Å². The third-order valence-corrected chi connectivity index (χ3v) is 5.60. The molecule has 1 amide bonds. The van der Waals surface area contributed by atoms with Crippen molar-refractivity contribution in [3.63, 3.8) is 0 Å². The van der Waals surface area contributed by atoms with Crippen molar-refractivity contribution in [1.82, 2.24) is 10.2 Å². The molecule has 2 aromatic carbocycles. The molecule has 3 rings (SSSR count). The number of ether oxygens (including phenoxy) is 1. The van der Waals surface area contributed by atoms with Crippen LogP contribution in [0.1, 0.15) is 30.4 Å². The van der Waals surface area contributed by atoms with Gasteiger partial charge in [-0.1, -0.05) is 42.5 Å². The molecule has 1 aliphatic heterocycles. The van der Waals surface area contributed by atoms with Crippen LogP contribution < -0.4 is 10.1 Å². The van der Waals surface area contributed by atoms with Gasteiger partial charge in [-0.2, -0.15) is 0 Å². The van der Waals surface area contributed by atoms with Crippen LogP contribution in [0.3, 0.4) is 0 Å². The monoisotopic (exact) mass is 380 g/mol. The Hall–Kier alpha value is -2.33. The first-order valence-electron chi connectivity index (χ1n) is 10.4. The zero-order valence-electron chi connectivity index (χ0n) is 16.9. The van der Waals surface area contributed by atoms with Gasteiger partial charge < -0.3 is 15.0 Å². The third kappa shape index (κ3) is 6.38. The summed E-state index contributed by atoms with van der Waals surface area (Å²) >= 11 is 0. The number of nitrogens with zero attached hydrogens (tertiary/aromatic N) is 1. The molecule has 0 aromatic heterocycles. The molecule has 0 radical (unpaired) electrons. The van der Waals surface area contributed by atoms with E-state index in [1.165, 1.54) is 11.1 Å². The van der Waals surface area contributed by atoms with E-state index >= 15 is 0 Å². The van der Waals surface area contributed by atoms with Gasteiger partial charge in [-0.05, 0) is 61.4 Å². The van der Waals surface area contributed by atoms with Crippen molar-refractivity contribution < 1.29 is 9.53 Å². The Balaban J connectivity index is 1.28. The molecule has 4 nitrogen and oxygen atoms in total. The second-order valence-corrected chi connectivity index (χ2v) is 7.61. The van der Waals surface area contributed by atoms with E-state index in [0.717, 1.165) is 57.6 Å². The standard InChI is InChI=1S/C24H32N2O2/c1-28-23-9-7-20(8-10-23)11-15-25-16-12-24(27)26-17-13-22(14-18-26)19-21-5-3-2-4-6-21/h2-10,22,25H,11-19H2,1H3. The summed E-state index contributed by atoms with van der Waals surface area (Å²) in [7, 11) is 1.68. The topological polar surface area (TPSA) is 41.6 Å². The SMILES string of the molecule is COc1ccc(CCNCCC(=O)N2CCC(Cc3ccccc3)CC2)cc1. The van der Waals surface area contributed by atoms with Crippen molar-refractivity contribution >= 4 is 5.91 Å². The summed E-state index contributed by atoms with van der Waals surface area (Å²) in [4.78, 5) is 14.5. The predicted molar refractivity (Wildman–Crippen MR) is 114 cm³/mol. The van der Waals surface area contributed by atoms with E-state index in [1.807, 2.05) is 17.0 Å². The van der Waals surface area contributed by atoms with Crippen LogP contribution in [0, 0.1) is 5.92 Å². The molecule has 4 heteroatoms. The summed E-state index contributed by atoms with van der Waals surface area (Å²) < 4.78 is 5.17. The normalized spacial score (nSPS) is 14.8. The lowest BCUT2D eigenvalue weighted by molar-refractivity contribution is -0.132. The molecule has 1 fully saturated rings. The first-order chi connectivity index (χ1) is 13.7. The maximum Gasteiger partial charge on any atom is 0.223 e. The van der Waals surface area contributed by atoms with Gasteiger partial charge >= 0.3 is 0 Å². The summed E-state index contributed by atoms with van der Waals surface area (Å²) in [5, 5.41) is 3.40. The van der Waals surface area contributed by atoms with E-state index in [2.05, 4.69) is 47.8 Å². The minimum Gasteiger partial charge on any atom is -0.497 e. The quantitative estimate of drug-likeness (QED) is 0.675. The second kappa shape index (κ2) is 10.9. The molecule has 0 spiro atoms. The summed E-state index contributed by atoms with van der Waals surface area (Å²) in [6.45, 7) is 3.45. The van der Waals surface area contributed by atoms with Gasteiger partial charge in [0.1, 0.15) is 5.75 Å². The van der Waals surface area contributed by atoms with Crippen molar-refractivity contribution in [2.75, 3.05) is 33.3 Å². The van der Waals surface area contributed by atoms with Crippen LogP contribution in [0.2, 0.25) is 0 Å². The van der Waals surface area contributed by atoms with Crippen LogP contribution in [0.15, 0.2) is 54.6 Å². The van der Waals surface area contributed by atoms with E-state index in [-0.39, 0.29) is 5.91 Å². The Labute approximate surface area is 168 Å². The second-order valence-electron chi connectivity index (χ2n) is 7.61. The fourth-order valence-corrected chi connectivity index (χ4v) is 3.84. The summed E-state index contributed by atoms with van der Waals surface area (Å²) in [5.74, 6) is 1.87. The lowest BCUT2D eigenvalue weighted by atomic mass is 9.90. The molecular formula is C24H32N2O2. The van der Waals surface area contributed by atoms with Gasteiger partial charge in [-0.15, -0.1) is 0 Å². The number of amides is 1. The van der Waals surface area contributed by atoms with Crippen molar-refractivity contribution in [2.45, 2.75) is 32.1 Å². The number of nitrogens with one attached hydrogen (secondary N) is 1. The van der Waals surface area contributed by atoms with Crippen LogP contribution in [-0.4, -0.2) is 44.1 Å². The minimum absolute atomic E-state index is 0.287. The zero-order valence-corrected chi connectivity index (χ0v) is 16.9. The largest absolute Gasteiger partial charge is 0.497 e. The summed E-state index contributed by atoms with van der Waals surface area (Å²) in [6.07, 6.45) is 4.92. The van der Waals surface area contributed by atoms with Crippen LogP contribution in [0.25, 0.3) is 0 Å². The molecular weight excluding hydrogens is 348 g/mol. The molecule has 1 aliphatic rings. The molecule has 1 saturated heterocycles. The molecule has 0 aliphatic carbocycles. The van der Waals surface area contributed by atoms with Gasteiger partial charge in [0.2, 0.25) is 5.91 Å². The van der Waals surface area contributed by atoms with Gasteiger partial charge in [0.15, 0.2) is 0 Å². The highest BCUT2D eigenvalue weighted by Crippen LogP contribution is 2.22. The third-order valence-electron chi connectivity index (χ3n) is 5.60. The highest BCUT2D eigenvalue weighted by Gasteiger charge is 2.22. The Morgan fingerprint density at radius 1 is 1.00 bits per heavy atom. The fourth-order valence-electron chi connectivity index (χ4n) is 3.84. The number of carbonyl (C=O) groups is 1. The summed E-state index contributed by atoms with van der Waals surface area (Å²) in [6, 6.07) is 18.8. The number of likely N-dealkylation sites (tertiary alicyclic amines) is 1. The number of hydrogen-bond donors (Lipinski definition) is 1. The maximum absolute atomic E-state index is 12.4. The van der Waals surface area contributed by atoms with Crippen molar-refractivity contribution in [1.29, 1.82) is 0 Å². The Morgan fingerprint density at radius 3 is 2.39 bits per heavy atom. The Kier molecular flexibility index (Phi) is 7.92. The van der Waals surface area contributed by atoms with Crippen LogP contribution >= 0.6 is 0 Å². The smallest absolute Gasteiger partial charge is 0.223 e. The molecule has 150 valence electrons. The minimum atomic E-state index is 0.287. The molecule has 28 heavy (non-hydrogen) atoms. The average molecular weight is 381 g/mol. The highest BCUT2D eigenvalue weighted by atomic mass is 16.5. The lowest BCUT2D eigenvalue weighted by Crippen LogP contribution is -2.40. The van der Waals surface area contributed by atoms with Gasteiger partial charge in [0, 0.05) is 26.1 Å². The molecule has 1 heterocycles.